The lowest BCUT2D eigenvalue weighted by Gasteiger charge is -2.05. The summed E-state index contributed by atoms with van der Waals surface area (Å²) in [6, 6.07) is 5.09. The molecular weight excluding hydrogens is 274 g/mol. The summed E-state index contributed by atoms with van der Waals surface area (Å²) in [5.74, 6) is 0.227. The van der Waals surface area contributed by atoms with Gasteiger partial charge in [-0.1, -0.05) is 0 Å². The first-order chi connectivity index (χ1) is 10.1. The van der Waals surface area contributed by atoms with Gasteiger partial charge in [-0.05, 0) is 25.1 Å². The normalized spacial score (nSPS) is 10.9. The van der Waals surface area contributed by atoms with Crippen molar-refractivity contribution in [2.24, 2.45) is 0 Å². The first-order valence-electron chi connectivity index (χ1n) is 6.37. The Balaban J connectivity index is 2.27. The molecule has 0 aliphatic rings. The fourth-order valence-electron chi connectivity index (χ4n) is 2.23. The number of nitrogen functional groups attached to an aromatic ring is 1. The molecule has 0 bridgehead atoms. The Kier molecular flexibility index (Phi) is 3.02. The maximum Gasteiger partial charge on any atom is 0.513 e. The number of nitrogens with one attached hydrogen (secondary N) is 2. The van der Waals surface area contributed by atoms with Crippen LogP contribution in [0.4, 0.5) is 10.5 Å². The van der Waals surface area contributed by atoms with Crippen molar-refractivity contribution in [2.45, 2.75) is 6.92 Å². The van der Waals surface area contributed by atoms with Crippen LogP contribution in [0.15, 0.2) is 29.2 Å². The van der Waals surface area contributed by atoms with E-state index in [1.807, 2.05) is 0 Å². The van der Waals surface area contributed by atoms with E-state index >= 15 is 0 Å². The first kappa shape index (κ1) is 13.0. The van der Waals surface area contributed by atoms with E-state index in [0.29, 0.717) is 27.5 Å². The molecule has 0 saturated heterocycles. The van der Waals surface area contributed by atoms with E-state index in [-0.39, 0.29) is 17.9 Å². The van der Waals surface area contributed by atoms with E-state index in [2.05, 4.69) is 9.97 Å². The molecule has 21 heavy (non-hydrogen) atoms. The number of benzene rings is 1. The smallest absolute Gasteiger partial charge is 0.434 e. The number of aromatic amines is 2. The molecule has 108 valence electrons. The van der Waals surface area contributed by atoms with Crippen molar-refractivity contribution in [1.82, 2.24) is 9.97 Å². The number of ether oxygens (including phenoxy) is 2. The highest BCUT2D eigenvalue weighted by molar-refractivity contribution is 6.09. The average Bonchev–Trinajstić information content (AvgIpc) is 2.85. The summed E-state index contributed by atoms with van der Waals surface area (Å²) in [6.07, 6.45) is 0.621. The molecule has 0 saturated carbocycles. The molecule has 0 atom stereocenters. The van der Waals surface area contributed by atoms with Crippen LogP contribution in [0.3, 0.4) is 0 Å². The zero-order valence-corrected chi connectivity index (χ0v) is 11.2. The van der Waals surface area contributed by atoms with Crippen LogP contribution in [-0.2, 0) is 4.74 Å². The number of hydrogen-bond acceptors (Lipinski definition) is 5. The lowest BCUT2D eigenvalue weighted by molar-refractivity contribution is 0.105. The van der Waals surface area contributed by atoms with E-state index in [1.54, 1.807) is 25.1 Å². The number of aromatic nitrogens is 2. The number of rotatable bonds is 2. The summed E-state index contributed by atoms with van der Waals surface area (Å²) >= 11 is 0. The van der Waals surface area contributed by atoms with Crippen molar-refractivity contribution in [3.63, 3.8) is 0 Å². The van der Waals surface area contributed by atoms with Crippen molar-refractivity contribution in [1.29, 1.82) is 0 Å². The summed E-state index contributed by atoms with van der Waals surface area (Å²) in [4.78, 5) is 29.0. The van der Waals surface area contributed by atoms with Gasteiger partial charge in [-0.2, -0.15) is 0 Å². The maximum absolute atomic E-state index is 12.0. The van der Waals surface area contributed by atoms with Gasteiger partial charge in [0.2, 0.25) is 0 Å². The van der Waals surface area contributed by atoms with Gasteiger partial charge in [0.05, 0.1) is 12.0 Å². The molecule has 2 heterocycles. The molecule has 3 rings (SSSR count). The van der Waals surface area contributed by atoms with Crippen molar-refractivity contribution in [3.05, 3.63) is 34.7 Å². The molecule has 3 aromatic rings. The van der Waals surface area contributed by atoms with Gasteiger partial charge in [-0.15, -0.1) is 0 Å². The molecule has 0 aliphatic heterocycles. The van der Waals surface area contributed by atoms with Crippen molar-refractivity contribution >= 4 is 33.6 Å². The minimum atomic E-state index is -0.823. The van der Waals surface area contributed by atoms with Crippen LogP contribution in [0.1, 0.15) is 6.92 Å². The quantitative estimate of drug-likeness (QED) is 0.494. The number of carbonyl (C=O) groups is 1. The van der Waals surface area contributed by atoms with Crippen LogP contribution in [0.2, 0.25) is 0 Å². The average molecular weight is 287 g/mol. The lowest BCUT2D eigenvalue weighted by atomic mass is 10.1. The molecule has 4 N–H and O–H groups in total. The van der Waals surface area contributed by atoms with Crippen LogP contribution in [-0.4, -0.2) is 22.7 Å². The zero-order chi connectivity index (χ0) is 15.0. The van der Waals surface area contributed by atoms with Crippen molar-refractivity contribution in [3.8, 4) is 5.75 Å². The highest BCUT2D eigenvalue weighted by atomic mass is 16.7. The second kappa shape index (κ2) is 4.86. The zero-order valence-electron chi connectivity index (χ0n) is 11.2. The van der Waals surface area contributed by atoms with Gasteiger partial charge in [0, 0.05) is 22.8 Å². The molecule has 0 aliphatic carbocycles. The second-order valence-electron chi connectivity index (χ2n) is 4.45. The van der Waals surface area contributed by atoms with Crippen LogP contribution in [0.25, 0.3) is 21.8 Å². The number of carbonyl (C=O) groups excluding carboxylic acids is 1. The number of anilines is 1. The highest BCUT2D eigenvalue weighted by Gasteiger charge is 2.16. The minimum absolute atomic E-state index is 0.204. The van der Waals surface area contributed by atoms with E-state index in [0.717, 1.165) is 0 Å². The SMILES string of the molecule is CCOC(=O)Oc1c[nH]c2c(=O)[nH]c3ccc(N)cc3c12. The summed E-state index contributed by atoms with van der Waals surface area (Å²) in [5, 5.41) is 1.18. The Morgan fingerprint density at radius 1 is 1.38 bits per heavy atom. The fraction of sp³-hybridized carbons (Fsp3) is 0.143. The highest BCUT2D eigenvalue weighted by Crippen LogP contribution is 2.31. The monoisotopic (exact) mass is 287 g/mol. The Labute approximate surface area is 118 Å². The topological polar surface area (TPSA) is 110 Å². The standard InChI is InChI=1S/C14H13N3O4/c1-2-20-14(19)21-10-6-16-12-11(10)8-5-7(15)3-4-9(8)17-13(12)18/h3-6,16H,2,15H2,1H3,(H,17,18). The minimum Gasteiger partial charge on any atom is -0.434 e. The van der Waals surface area contributed by atoms with Gasteiger partial charge in [0.1, 0.15) is 5.52 Å². The van der Waals surface area contributed by atoms with Crippen LogP contribution >= 0.6 is 0 Å². The summed E-state index contributed by atoms with van der Waals surface area (Å²) in [7, 11) is 0. The summed E-state index contributed by atoms with van der Waals surface area (Å²) < 4.78 is 9.87. The van der Waals surface area contributed by atoms with E-state index in [1.165, 1.54) is 6.20 Å². The van der Waals surface area contributed by atoms with Crippen LogP contribution < -0.4 is 16.0 Å². The molecule has 0 amide bonds. The van der Waals surface area contributed by atoms with E-state index in [9.17, 15) is 9.59 Å². The summed E-state index contributed by atoms with van der Waals surface area (Å²) in [5.41, 5.74) is 6.94. The number of fused-ring (bicyclic) bond motifs is 3. The number of hydrogen-bond donors (Lipinski definition) is 3. The third-order valence-corrected chi connectivity index (χ3v) is 3.09. The van der Waals surface area contributed by atoms with Gasteiger partial charge >= 0.3 is 6.16 Å². The maximum atomic E-state index is 12.0. The third kappa shape index (κ3) is 2.18. The van der Waals surface area contributed by atoms with E-state index in [4.69, 9.17) is 15.2 Å². The predicted octanol–water partition coefficient (Wildman–Crippen LogP) is 2.13. The molecule has 1 aromatic carbocycles. The fourth-order valence-corrected chi connectivity index (χ4v) is 2.23. The Hall–Kier alpha value is -2.96. The van der Waals surface area contributed by atoms with Gasteiger partial charge in [-0.3, -0.25) is 4.79 Å². The molecule has 0 fully saturated rings. The molecule has 0 unspecified atom stereocenters. The van der Waals surface area contributed by atoms with Crippen molar-refractivity contribution < 1.29 is 14.3 Å². The molecular formula is C14H13N3O4. The molecule has 7 nitrogen and oxygen atoms in total. The molecule has 0 radical (unpaired) electrons. The number of pyridine rings is 1. The van der Waals surface area contributed by atoms with Crippen LogP contribution in [0, 0.1) is 0 Å². The number of H-pyrrole nitrogens is 2. The van der Waals surface area contributed by atoms with Gasteiger partial charge in [0.25, 0.3) is 5.56 Å². The largest absolute Gasteiger partial charge is 0.513 e. The molecule has 7 heteroatoms. The van der Waals surface area contributed by atoms with E-state index < -0.39 is 6.16 Å². The lowest BCUT2D eigenvalue weighted by Crippen LogP contribution is -2.10. The van der Waals surface area contributed by atoms with Gasteiger partial charge in [-0.25, -0.2) is 4.79 Å². The van der Waals surface area contributed by atoms with Crippen molar-refractivity contribution in [2.75, 3.05) is 12.3 Å². The molecule has 2 aromatic heterocycles. The summed E-state index contributed by atoms with van der Waals surface area (Å²) in [6.45, 7) is 1.88. The number of nitrogens with two attached hydrogens (primary N) is 1. The van der Waals surface area contributed by atoms with Gasteiger partial charge in [0.15, 0.2) is 5.75 Å². The Bertz CT molecular complexity index is 894. The van der Waals surface area contributed by atoms with Gasteiger partial charge < -0.3 is 25.2 Å². The second-order valence-corrected chi connectivity index (χ2v) is 4.45. The van der Waals surface area contributed by atoms with Crippen LogP contribution in [0.5, 0.6) is 5.75 Å². The Morgan fingerprint density at radius 2 is 2.19 bits per heavy atom. The third-order valence-electron chi connectivity index (χ3n) is 3.09. The first-order valence-corrected chi connectivity index (χ1v) is 6.37. The Morgan fingerprint density at radius 3 is 2.95 bits per heavy atom. The predicted molar refractivity (Wildman–Crippen MR) is 78.5 cm³/mol. The molecule has 0 spiro atoms.